The van der Waals surface area contributed by atoms with Gasteiger partial charge in [0, 0.05) is 7.11 Å². The molecule has 14 heavy (non-hydrogen) atoms. The van der Waals surface area contributed by atoms with Gasteiger partial charge < -0.3 is 15.6 Å². The third-order valence-corrected chi connectivity index (χ3v) is 2.68. The lowest BCUT2D eigenvalue weighted by Gasteiger charge is -2.29. The van der Waals surface area contributed by atoms with Gasteiger partial charge in [-0.1, -0.05) is 20.3 Å². The first-order valence-electron chi connectivity index (χ1n) is 5.49. The van der Waals surface area contributed by atoms with Crippen molar-refractivity contribution >= 4 is 0 Å². The minimum atomic E-state index is -0.677. The number of methoxy groups -OCH3 is 1. The Labute approximate surface area is 87.6 Å². The van der Waals surface area contributed by atoms with Crippen LogP contribution < -0.4 is 5.73 Å². The highest BCUT2D eigenvalue weighted by Gasteiger charge is 2.27. The summed E-state index contributed by atoms with van der Waals surface area (Å²) in [7, 11) is 1.63. The predicted octanol–water partition coefficient (Wildman–Crippen LogP) is 1.54. The molecule has 0 bridgehead atoms. The monoisotopic (exact) mass is 203 g/mol. The van der Waals surface area contributed by atoms with Crippen molar-refractivity contribution in [2.75, 3.05) is 20.3 Å². The molecule has 0 aliphatic carbocycles. The van der Waals surface area contributed by atoms with Crippen molar-refractivity contribution in [3.63, 3.8) is 0 Å². The van der Waals surface area contributed by atoms with Gasteiger partial charge in [-0.15, -0.1) is 0 Å². The van der Waals surface area contributed by atoms with Crippen LogP contribution in [0.1, 0.15) is 39.5 Å². The summed E-state index contributed by atoms with van der Waals surface area (Å²) in [5.74, 6) is 0.535. The minimum absolute atomic E-state index is 0.414. The molecule has 0 aliphatic heterocycles. The van der Waals surface area contributed by atoms with Crippen molar-refractivity contribution in [1.82, 2.24) is 0 Å². The molecule has 0 rings (SSSR count). The van der Waals surface area contributed by atoms with E-state index in [9.17, 15) is 5.11 Å². The second-order valence-electron chi connectivity index (χ2n) is 4.27. The molecule has 0 saturated carbocycles. The Bertz CT molecular complexity index is 141. The number of ether oxygens (including phenoxy) is 1. The first-order chi connectivity index (χ1) is 6.58. The fourth-order valence-electron chi connectivity index (χ4n) is 1.73. The van der Waals surface area contributed by atoms with Crippen molar-refractivity contribution in [2.24, 2.45) is 11.7 Å². The van der Waals surface area contributed by atoms with E-state index in [2.05, 4.69) is 13.8 Å². The molecule has 0 aromatic rings. The fourth-order valence-corrected chi connectivity index (χ4v) is 1.73. The van der Waals surface area contributed by atoms with Crippen LogP contribution in [0.25, 0.3) is 0 Å². The highest BCUT2D eigenvalue weighted by Crippen LogP contribution is 2.24. The second kappa shape index (κ2) is 7.21. The quantitative estimate of drug-likeness (QED) is 0.629. The molecule has 3 heteroatoms. The van der Waals surface area contributed by atoms with Gasteiger partial charge in [-0.2, -0.15) is 0 Å². The zero-order valence-electron chi connectivity index (χ0n) is 9.75. The number of hydrogen-bond donors (Lipinski definition) is 2. The number of aliphatic hydroxyl groups is 1. The summed E-state index contributed by atoms with van der Waals surface area (Å²) >= 11 is 0. The summed E-state index contributed by atoms with van der Waals surface area (Å²) in [4.78, 5) is 0. The third kappa shape index (κ3) is 5.58. The lowest BCUT2D eigenvalue weighted by atomic mass is 9.87. The predicted molar refractivity (Wildman–Crippen MR) is 59.2 cm³/mol. The lowest BCUT2D eigenvalue weighted by Crippen LogP contribution is -2.36. The molecule has 3 nitrogen and oxygen atoms in total. The summed E-state index contributed by atoms with van der Waals surface area (Å²) in [6.07, 6.45) is 3.49. The molecule has 0 aromatic heterocycles. The van der Waals surface area contributed by atoms with Gasteiger partial charge in [-0.3, -0.25) is 0 Å². The molecule has 3 N–H and O–H groups in total. The normalized spacial score (nSPS) is 17.8. The number of nitrogens with two attached hydrogens (primary N) is 1. The number of hydrogen-bond acceptors (Lipinski definition) is 3. The molecule has 2 unspecified atom stereocenters. The van der Waals surface area contributed by atoms with Crippen LogP contribution in [0.5, 0.6) is 0 Å². The summed E-state index contributed by atoms with van der Waals surface area (Å²) in [5, 5.41) is 10.3. The van der Waals surface area contributed by atoms with Gasteiger partial charge in [0.05, 0.1) is 12.2 Å². The largest absolute Gasteiger partial charge is 0.387 e. The minimum Gasteiger partial charge on any atom is -0.387 e. The van der Waals surface area contributed by atoms with Crippen LogP contribution in [0.4, 0.5) is 0 Å². The second-order valence-corrected chi connectivity index (χ2v) is 4.27. The van der Waals surface area contributed by atoms with Crippen LogP contribution >= 0.6 is 0 Å². The van der Waals surface area contributed by atoms with E-state index in [1.54, 1.807) is 7.11 Å². The smallest absolute Gasteiger partial charge is 0.0883 e. The van der Waals surface area contributed by atoms with E-state index in [1.165, 1.54) is 0 Å². The van der Waals surface area contributed by atoms with Gasteiger partial charge in [0.25, 0.3) is 0 Å². The zero-order valence-corrected chi connectivity index (χ0v) is 9.75. The molecule has 0 aliphatic rings. The van der Waals surface area contributed by atoms with Crippen LogP contribution in [0.15, 0.2) is 0 Å². The van der Waals surface area contributed by atoms with Gasteiger partial charge in [0.15, 0.2) is 0 Å². The molecule has 0 amide bonds. The summed E-state index contributed by atoms with van der Waals surface area (Å²) in [5.41, 5.74) is 4.77. The maximum absolute atomic E-state index is 10.3. The highest BCUT2D eigenvalue weighted by atomic mass is 16.5. The van der Waals surface area contributed by atoms with Gasteiger partial charge in [0.2, 0.25) is 0 Å². The highest BCUT2D eigenvalue weighted by molar-refractivity contribution is 4.80. The molecular formula is C11H25NO2. The Hall–Kier alpha value is -0.120. The van der Waals surface area contributed by atoms with E-state index < -0.39 is 5.60 Å². The molecule has 2 atom stereocenters. The van der Waals surface area contributed by atoms with Gasteiger partial charge >= 0.3 is 0 Å². The third-order valence-electron chi connectivity index (χ3n) is 2.68. The van der Waals surface area contributed by atoms with E-state index in [1.807, 2.05) is 0 Å². The molecule has 0 aromatic carbocycles. The van der Waals surface area contributed by atoms with Crippen molar-refractivity contribution in [3.05, 3.63) is 0 Å². The standard InChI is InChI=1S/C11H25NO2/c1-4-10(2)8-11(13,9-14-3)6-5-7-12/h10,13H,4-9,12H2,1-3H3. The molecule has 0 radical (unpaired) electrons. The maximum Gasteiger partial charge on any atom is 0.0883 e. The van der Waals surface area contributed by atoms with Gasteiger partial charge in [-0.25, -0.2) is 0 Å². The average molecular weight is 203 g/mol. The van der Waals surface area contributed by atoms with Gasteiger partial charge in [0.1, 0.15) is 0 Å². The van der Waals surface area contributed by atoms with E-state index in [0.717, 1.165) is 25.7 Å². The fraction of sp³-hybridized carbons (Fsp3) is 1.00. The average Bonchev–Trinajstić information content (AvgIpc) is 2.15. The van der Waals surface area contributed by atoms with Crippen LogP contribution in [-0.2, 0) is 4.74 Å². The first-order valence-corrected chi connectivity index (χ1v) is 5.49. The lowest BCUT2D eigenvalue weighted by molar-refractivity contribution is -0.0531. The van der Waals surface area contributed by atoms with E-state index in [0.29, 0.717) is 19.1 Å². The Balaban J connectivity index is 4.07. The Kier molecular flexibility index (Phi) is 7.15. The summed E-state index contributed by atoms with van der Waals surface area (Å²) in [6.45, 7) is 5.34. The molecule has 0 heterocycles. The van der Waals surface area contributed by atoms with Crippen LogP contribution in [0.2, 0.25) is 0 Å². The van der Waals surface area contributed by atoms with Crippen molar-refractivity contribution in [3.8, 4) is 0 Å². The molecule has 0 spiro atoms. The van der Waals surface area contributed by atoms with Crippen molar-refractivity contribution in [1.29, 1.82) is 0 Å². The van der Waals surface area contributed by atoms with Crippen molar-refractivity contribution < 1.29 is 9.84 Å². The van der Waals surface area contributed by atoms with Crippen LogP contribution in [0, 0.1) is 5.92 Å². The van der Waals surface area contributed by atoms with E-state index in [-0.39, 0.29) is 0 Å². The SMILES string of the molecule is CCC(C)CC(O)(CCCN)COC. The Morgan fingerprint density at radius 2 is 2.14 bits per heavy atom. The zero-order chi connectivity index (χ0) is 11.0. The number of rotatable bonds is 8. The topological polar surface area (TPSA) is 55.5 Å². The van der Waals surface area contributed by atoms with Gasteiger partial charge in [-0.05, 0) is 31.7 Å². The maximum atomic E-state index is 10.3. The van der Waals surface area contributed by atoms with Crippen LogP contribution in [0.3, 0.4) is 0 Å². The van der Waals surface area contributed by atoms with Crippen molar-refractivity contribution in [2.45, 2.75) is 45.1 Å². The molecule has 86 valence electrons. The first kappa shape index (κ1) is 13.9. The summed E-state index contributed by atoms with van der Waals surface area (Å²) < 4.78 is 5.06. The summed E-state index contributed by atoms with van der Waals surface area (Å²) in [6, 6.07) is 0. The molecule has 0 saturated heterocycles. The van der Waals surface area contributed by atoms with Crippen LogP contribution in [-0.4, -0.2) is 31.0 Å². The van der Waals surface area contributed by atoms with E-state index >= 15 is 0 Å². The molecular weight excluding hydrogens is 178 g/mol. The van der Waals surface area contributed by atoms with E-state index in [4.69, 9.17) is 10.5 Å². The Morgan fingerprint density at radius 1 is 1.50 bits per heavy atom. The molecule has 0 fully saturated rings. The Morgan fingerprint density at radius 3 is 2.57 bits per heavy atom.